The molecule has 3 heterocycles. The van der Waals surface area contributed by atoms with Gasteiger partial charge in [0.1, 0.15) is 11.4 Å². The molecule has 2 aromatic rings. The van der Waals surface area contributed by atoms with Crippen LogP contribution in [-0.2, 0) is 4.74 Å². The van der Waals surface area contributed by atoms with E-state index in [2.05, 4.69) is 10.3 Å². The summed E-state index contributed by atoms with van der Waals surface area (Å²) in [7, 11) is 1.35. The van der Waals surface area contributed by atoms with Gasteiger partial charge >= 0.3 is 5.97 Å². The van der Waals surface area contributed by atoms with E-state index in [0.29, 0.717) is 29.0 Å². The average Bonchev–Trinajstić information content (AvgIpc) is 2.68. The SMILES string of the molecule is COC(=O)c1cc(-c2ccc3c(c2)C(=O)CC2(CCNCC2)O3)cnc1C.Cl. The van der Waals surface area contributed by atoms with Crippen LogP contribution in [0.2, 0.25) is 0 Å². The number of aromatic nitrogens is 1. The molecule has 0 aliphatic carbocycles. The summed E-state index contributed by atoms with van der Waals surface area (Å²) in [4.78, 5) is 29.1. The maximum atomic E-state index is 12.8. The highest BCUT2D eigenvalue weighted by molar-refractivity contribution is 6.01. The van der Waals surface area contributed by atoms with E-state index in [1.807, 2.05) is 18.2 Å². The molecule has 0 amide bonds. The predicted molar refractivity (Wildman–Crippen MR) is 107 cm³/mol. The van der Waals surface area contributed by atoms with Crippen molar-refractivity contribution in [1.82, 2.24) is 10.3 Å². The minimum absolute atomic E-state index is 0. The molecule has 0 unspecified atom stereocenters. The lowest BCUT2D eigenvalue weighted by Gasteiger charge is -2.41. The zero-order valence-corrected chi connectivity index (χ0v) is 16.7. The number of esters is 1. The van der Waals surface area contributed by atoms with Crippen LogP contribution in [0.25, 0.3) is 11.1 Å². The lowest BCUT2D eigenvalue weighted by molar-refractivity contribution is 0.0187. The number of carbonyl (C=O) groups excluding carboxylic acids is 2. The summed E-state index contributed by atoms with van der Waals surface area (Å²) in [6.45, 7) is 3.50. The van der Waals surface area contributed by atoms with Crippen LogP contribution in [0.4, 0.5) is 0 Å². The van der Waals surface area contributed by atoms with Crippen molar-refractivity contribution in [3.8, 4) is 16.9 Å². The van der Waals surface area contributed by atoms with Crippen molar-refractivity contribution < 1.29 is 19.1 Å². The van der Waals surface area contributed by atoms with Crippen molar-refractivity contribution in [3.63, 3.8) is 0 Å². The second-order valence-corrected chi connectivity index (χ2v) is 7.19. The fourth-order valence-corrected chi connectivity index (χ4v) is 3.84. The van der Waals surface area contributed by atoms with E-state index in [1.54, 1.807) is 19.2 Å². The fraction of sp³-hybridized carbons (Fsp3) is 0.381. The summed E-state index contributed by atoms with van der Waals surface area (Å²) in [5, 5.41) is 3.31. The van der Waals surface area contributed by atoms with Crippen LogP contribution in [0.3, 0.4) is 0 Å². The Morgan fingerprint density at radius 2 is 1.96 bits per heavy atom. The van der Waals surface area contributed by atoms with Gasteiger partial charge in [-0.1, -0.05) is 6.07 Å². The van der Waals surface area contributed by atoms with Crippen LogP contribution in [0.1, 0.15) is 45.7 Å². The third-order valence-electron chi connectivity index (χ3n) is 5.43. The van der Waals surface area contributed by atoms with E-state index in [1.165, 1.54) is 7.11 Å². The molecule has 1 saturated heterocycles. The minimum atomic E-state index is -0.424. The number of ketones is 1. The number of nitrogens with one attached hydrogen (secondary N) is 1. The fourth-order valence-electron chi connectivity index (χ4n) is 3.84. The number of rotatable bonds is 2. The van der Waals surface area contributed by atoms with Gasteiger partial charge in [0.2, 0.25) is 0 Å². The molecule has 1 fully saturated rings. The van der Waals surface area contributed by atoms with Crippen LogP contribution in [0.15, 0.2) is 30.5 Å². The van der Waals surface area contributed by atoms with E-state index < -0.39 is 5.97 Å². The third kappa shape index (κ3) is 3.62. The number of fused-ring (bicyclic) bond motifs is 1. The number of piperidine rings is 1. The van der Waals surface area contributed by atoms with E-state index in [-0.39, 0.29) is 23.8 Å². The highest BCUT2D eigenvalue weighted by atomic mass is 35.5. The molecular weight excluding hydrogens is 380 g/mol. The van der Waals surface area contributed by atoms with Crippen LogP contribution in [-0.4, -0.2) is 42.5 Å². The van der Waals surface area contributed by atoms with Gasteiger partial charge in [0.25, 0.3) is 0 Å². The molecule has 1 N–H and O–H groups in total. The normalized spacial score (nSPS) is 17.3. The molecule has 0 bridgehead atoms. The highest BCUT2D eigenvalue weighted by Gasteiger charge is 2.41. The Balaban J connectivity index is 0.00000225. The molecule has 0 radical (unpaired) electrons. The van der Waals surface area contributed by atoms with Crippen molar-refractivity contribution in [2.45, 2.75) is 31.8 Å². The molecule has 0 saturated carbocycles. The van der Waals surface area contributed by atoms with Crippen LogP contribution < -0.4 is 10.1 Å². The smallest absolute Gasteiger partial charge is 0.339 e. The first-order chi connectivity index (χ1) is 13.0. The number of aryl methyl sites for hydroxylation is 1. The van der Waals surface area contributed by atoms with Gasteiger partial charge in [-0.05, 0) is 43.8 Å². The average molecular weight is 403 g/mol. The molecule has 2 aliphatic rings. The van der Waals surface area contributed by atoms with Gasteiger partial charge in [-0.15, -0.1) is 12.4 Å². The summed E-state index contributed by atoms with van der Waals surface area (Å²) >= 11 is 0. The summed E-state index contributed by atoms with van der Waals surface area (Å²) in [5.74, 6) is 0.325. The Kier molecular flexibility index (Phi) is 5.72. The number of methoxy groups -OCH3 is 1. The van der Waals surface area contributed by atoms with Gasteiger partial charge in [-0.25, -0.2) is 4.79 Å². The Morgan fingerprint density at radius 3 is 2.68 bits per heavy atom. The molecule has 148 valence electrons. The molecule has 28 heavy (non-hydrogen) atoms. The zero-order valence-electron chi connectivity index (χ0n) is 15.9. The van der Waals surface area contributed by atoms with Crippen molar-refractivity contribution in [1.29, 1.82) is 0 Å². The monoisotopic (exact) mass is 402 g/mol. The summed E-state index contributed by atoms with van der Waals surface area (Å²) in [6.07, 6.45) is 3.78. The van der Waals surface area contributed by atoms with Gasteiger partial charge in [0.15, 0.2) is 5.78 Å². The Hall–Kier alpha value is -2.44. The number of ether oxygens (including phenoxy) is 2. The molecule has 1 spiro atoms. The molecule has 4 rings (SSSR count). The standard InChI is InChI=1S/C21H22N2O4.ClH/c1-13-16(20(25)26-2)10-15(12-23-13)14-3-4-19-17(9-14)18(24)11-21(27-19)5-7-22-8-6-21;/h3-4,9-10,12,22H,5-8,11H2,1-2H3;1H. The van der Waals surface area contributed by atoms with Gasteiger partial charge in [0, 0.05) is 24.6 Å². The lowest BCUT2D eigenvalue weighted by atomic mass is 9.82. The van der Waals surface area contributed by atoms with Gasteiger partial charge in [0.05, 0.1) is 30.4 Å². The maximum Gasteiger partial charge on any atom is 0.339 e. The highest BCUT2D eigenvalue weighted by Crippen LogP contribution is 2.39. The van der Waals surface area contributed by atoms with Crippen molar-refractivity contribution in [2.24, 2.45) is 0 Å². The van der Waals surface area contributed by atoms with E-state index in [0.717, 1.165) is 37.1 Å². The molecule has 1 aromatic carbocycles. The third-order valence-corrected chi connectivity index (χ3v) is 5.43. The Morgan fingerprint density at radius 1 is 1.21 bits per heavy atom. The second kappa shape index (κ2) is 7.89. The predicted octanol–water partition coefficient (Wildman–Crippen LogP) is 3.35. The Bertz CT molecular complexity index is 923. The maximum absolute atomic E-state index is 12.8. The van der Waals surface area contributed by atoms with E-state index in [4.69, 9.17) is 9.47 Å². The number of pyridine rings is 1. The molecule has 0 atom stereocenters. The molecular formula is C21H23ClN2O4. The molecule has 2 aliphatic heterocycles. The summed E-state index contributed by atoms with van der Waals surface area (Å²) in [6, 6.07) is 7.33. The van der Waals surface area contributed by atoms with Gasteiger partial charge < -0.3 is 14.8 Å². The minimum Gasteiger partial charge on any atom is -0.486 e. The first-order valence-corrected chi connectivity index (χ1v) is 9.14. The van der Waals surface area contributed by atoms with Crippen molar-refractivity contribution in [2.75, 3.05) is 20.2 Å². The second-order valence-electron chi connectivity index (χ2n) is 7.19. The quantitative estimate of drug-likeness (QED) is 0.776. The number of carbonyl (C=O) groups is 2. The van der Waals surface area contributed by atoms with Crippen molar-refractivity contribution in [3.05, 3.63) is 47.3 Å². The molecule has 1 aromatic heterocycles. The van der Waals surface area contributed by atoms with Gasteiger partial charge in [-0.3, -0.25) is 9.78 Å². The van der Waals surface area contributed by atoms with E-state index in [9.17, 15) is 9.59 Å². The Labute approximate surface area is 170 Å². The zero-order chi connectivity index (χ0) is 19.0. The number of halogens is 1. The lowest BCUT2D eigenvalue weighted by Crippen LogP contribution is -2.49. The van der Waals surface area contributed by atoms with Crippen LogP contribution in [0, 0.1) is 6.92 Å². The number of benzene rings is 1. The van der Waals surface area contributed by atoms with E-state index >= 15 is 0 Å². The number of hydrogen-bond donors (Lipinski definition) is 1. The number of hydrogen-bond acceptors (Lipinski definition) is 6. The first-order valence-electron chi connectivity index (χ1n) is 9.14. The topological polar surface area (TPSA) is 77.5 Å². The largest absolute Gasteiger partial charge is 0.486 e. The molecule has 6 nitrogen and oxygen atoms in total. The summed E-state index contributed by atoms with van der Waals surface area (Å²) in [5.41, 5.74) is 2.83. The first kappa shape index (κ1) is 20.3. The van der Waals surface area contributed by atoms with Gasteiger partial charge in [-0.2, -0.15) is 0 Å². The van der Waals surface area contributed by atoms with Crippen molar-refractivity contribution >= 4 is 24.2 Å². The van der Waals surface area contributed by atoms with Crippen LogP contribution >= 0.6 is 12.4 Å². The molecule has 7 heteroatoms. The summed E-state index contributed by atoms with van der Waals surface area (Å²) < 4.78 is 11.1. The van der Waals surface area contributed by atoms with Crippen LogP contribution in [0.5, 0.6) is 5.75 Å². The number of Topliss-reactive ketones (excluding diaryl/α,β-unsaturated/α-hetero) is 1. The number of nitrogens with zero attached hydrogens (tertiary/aromatic N) is 1.